The van der Waals surface area contributed by atoms with Gasteiger partial charge in [0.25, 0.3) is 5.91 Å². The Morgan fingerprint density at radius 2 is 1.95 bits per heavy atom. The Morgan fingerprint density at radius 3 is 2.53 bits per heavy atom. The number of ether oxygens (including phenoxy) is 1. The van der Waals surface area contributed by atoms with Gasteiger partial charge in [0.2, 0.25) is 0 Å². The molecule has 0 spiro atoms. The summed E-state index contributed by atoms with van der Waals surface area (Å²) in [6.07, 6.45) is 0.0728. The summed E-state index contributed by atoms with van der Waals surface area (Å²) in [6.45, 7) is 0.0459. The molecule has 0 saturated heterocycles. The Hall–Kier alpha value is -2.18. The Morgan fingerprint density at radius 1 is 1.32 bits per heavy atom. The number of carboxylic acid groups (broad SMARTS) is 1. The maximum Gasteiger partial charge on any atom is 0.303 e. The summed E-state index contributed by atoms with van der Waals surface area (Å²) in [7, 11) is 1.12. The van der Waals surface area contributed by atoms with Crippen LogP contribution in [-0.4, -0.2) is 30.6 Å². The molecular formula is C12H13F2NO4. The first-order valence-electron chi connectivity index (χ1n) is 5.49. The lowest BCUT2D eigenvalue weighted by atomic mass is 10.1. The zero-order valence-electron chi connectivity index (χ0n) is 10.2. The first kappa shape index (κ1) is 14.9. The van der Waals surface area contributed by atoms with Gasteiger partial charge in [0.15, 0.2) is 11.6 Å². The second-order valence-electron chi connectivity index (χ2n) is 3.69. The summed E-state index contributed by atoms with van der Waals surface area (Å²) in [6, 6.07) is 1.68. The van der Waals surface area contributed by atoms with Gasteiger partial charge < -0.3 is 15.2 Å². The van der Waals surface area contributed by atoms with E-state index in [-0.39, 0.29) is 19.4 Å². The lowest BCUT2D eigenvalue weighted by Gasteiger charge is -2.10. The topological polar surface area (TPSA) is 75.6 Å². The molecule has 0 radical (unpaired) electrons. The summed E-state index contributed by atoms with van der Waals surface area (Å²) >= 11 is 0. The summed E-state index contributed by atoms with van der Waals surface area (Å²) < 4.78 is 31.5. The van der Waals surface area contributed by atoms with Crippen molar-refractivity contribution in [3.05, 3.63) is 29.3 Å². The van der Waals surface area contributed by atoms with Crippen molar-refractivity contribution in [2.24, 2.45) is 0 Å². The summed E-state index contributed by atoms with van der Waals surface area (Å²) in [4.78, 5) is 22.0. The molecule has 0 unspecified atom stereocenters. The number of nitrogens with one attached hydrogen (secondary N) is 1. The Kier molecular flexibility index (Phi) is 5.23. The first-order chi connectivity index (χ1) is 8.97. The quantitative estimate of drug-likeness (QED) is 0.771. The van der Waals surface area contributed by atoms with Gasteiger partial charge in [0.05, 0.1) is 7.11 Å². The predicted octanol–water partition coefficient (Wildman–Crippen LogP) is 1.57. The molecule has 7 heteroatoms. The average molecular weight is 273 g/mol. The standard InChI is InChI=1S/C12H13F2NO4/c1-19-11-8(14)5-4-7(13)10(11)12(18)15-6-2-3-9(16)17/h4-5H,2-3,6H2,1H3,(H,15,18)(H,16,17). The molecule has 0 aromatic heterocycles. The summed E-state index contributed by atoms with van der Waals surface area (Å²) in [5.41, 5.74) is -0.530. The molecule has 104 valence electrons. The molecule has 0 aliphatic carbocycles. The molecule has 1 rings (SSSR count). The van der Waals surface area contributed by atoms with Crippen LogP contribution in [0.2, 0.25) is 0 Å². The molecule has 0 heterocycles. The van der Waals surface area contributed by atoms with Gasteiger partial charge in [-0.15, -0.1) is 0 Å². The molecule has 19 heavy (non-hydrogen) atoms. The smallest absolute Gasteiger partial charge is 0.303 e. The molecular weight excluding hydrogens is 260 g/mol. The number of hydrogen-bond donors (Lipinski definition) is 2. The number of carbonyl (C=O) groups excluding carboxylic acids is 1. The highest BCUT2D eigenvalue weighted by Crippen LogP contribution is 2.25. The molecule has 0 aliphatic heterocycles. The number of carboxylic acids is 1. The van der Waals surface area contributed by atoms with E-state index >= 15 is 0 Å². The van der Waals surface area contributed by atoms with Gasteiger partial charge in [-0.1, -0.05) is 0 Å². The van der Waals surface area contributed by atoms with E-state index in [1.807, 2.05) is 0 Å². The van der Waals surface area contributed by atoms with E-state index in [9.17, 15) is 18.4 Å². The molecule has 2 N–H and O–H groups in total. The Labute approximate surface area is 108 Å². The predicted molar refractivity (Wildman–Crippen MR) is 62.1 cm³/mol. The number of methoxy groups -OCH3 is 1. The monoisotopic (exact) mass is 273 g/mol. The molecule has 1 amide bonds. The van der Waals surface area contributed by atoms with Crippen molar-refractivity contribution in [2.75, 3.05) is 13.7 Å². The van der Waals surface area contributed by atoms with Crippen molar-refractivity contribution in [1.82, 2.24) is 5.32 Å². The molecule has 0 fully saturated rings. The van der Waals surface area contributed by atoms with Crippen molar-refractivity contribution in [3.63, 3.8) is 0 Å². The minimum atomic E-state index is -0.997. The van der Waals surface area contributed by atoms with Crippen molar-refractivity contribution >= 4 is 11.9 Å². The number of rotatable bonds is 6. The molecule has 1 aromatic rings. The van der Waals surface area contributed by atoms with Gasteiger partial charge in [-0.2, -0.15) is 0 Å². The normalized spacial score (nSPS) is 10.1. The first-order valence-corrected chi connectivity index (χ1v) is 5.49. The van der Waals surface area contributed by atoms with Crippen molar-refractivity contribution in [3.8, 4) is 5.75 Å². The van der Waals surface area contributed by atoms with Crippen LogP contribution in [0.5, 0.6) is 5.75 Å². The number of hydrogen-bond acceptors (Lipinski definition) is 3. The fourth-order valence-corrected chi connectivity index (χ4v) is 1.47. The van der Waals surface area contributed by atoms with E-state index in [1.54, 1.807) is 0 Å². The van der Waals surface area contributed by atoms with Crippen LogP contribution in [0.3, 0.4) is 0 Å². The number of halogens is 2. The maximum absolute atomic E-state index is 13.5. The zero-order chi connectivity index (χ0) is 14.4. The van der Waals surface area contributed by atoms with E-state index in [1.165, 1.54) is 0 Å². The van der Waals surface area contributed by atoms with Gasteiger partial charge >= 0.3 is 5.97 Å². The molecule has 0 bridgehead atoms. The maximum atomic E-state index is 13.5. The molecule has 0 atom stereocenters. The van der Waals surface area contributed by atoms with Crippen LogP contribution in [0.4, 0.5) is 8.78 Å². The summed E-state index contributed by atoms with van der Waals surface area (Å²) in [5.74, 6) is -4.08. The van der Waals surface area contributed by atoms with Crippen molar-refractivity contribution in [2.45, 2.75) is 12.8 Å². The second-order valence-corrected chi connectivity index (χ2v) is 3.69. The van der Waals surface area contributed by atoms with Crippen LogP contribution in [0.25, 0.3) is 0 Å². The lowest BCUT2D eigenvalue weighted by molar-refractivity contribution is -0.137. The van der Waals surface area contributed by atoms with Crippen LogP contribution in [0.15, 0.2) is 12.1 Å². The van der Waals surface area contributed by atoms with Gasteiger partial charge in [-0.3, -0.25) is 9.59 Å². The highest BCUT2D eigenvalue weighted by Gasteiger charge is 2.21. The van der Waals surface area contributed by atoms with Crippen molar-refractivity contribution < 1.29 is 28.2 Å². The van der Waals surface area contributed by atoms with Crippen LogP contribution < -0.4 is 10.1 Å². The Balaban J connectivity index is 2.76. The highest BCUT2D eigenvalue weighted by atomic mass is 19.1. The third kappa shape index (κ3) is 3.90. The lowest BCUT2D eigenvalue weighted by Crippen LogP contribution is -2.26. The van der Waals surface area contributed by atoms with Gasteiger partial charge in [-0.05, 0) is 18.6 Å². The third-order valence-electron chi connectivity index (χ3n) is 2.34. The number of carbonyl (C=O) groups is 2. The highest BCUT2D eigenvalue weighted by molar-refractivity contribution is 5.97. The fourth-order valence-electron chi connectivity index (χ4n) is 1.47. The van der Waals surface area contributed by atoms with E-state index in [0.29, 0.717) is 0 Å². The minimum Gasteiger partial charge on any atom is -0.493 e. The molecule has 0 saturated carbocycles. The van der Waals surface area contributed by atoms with E-state index in [4.69, 9.17) is 5.11 Å². The number of amides is 1. The van der Waals surface area contributed by atoms with Crippen LogP contribution >= 0.6 is 0 Å². The van der Waals surface area contributed by atoms with E-state index in [0.717, 1.165) is 19.2 Å². The van der Waals surface area contributed by atoms with E-state index in [2.05, 4.69) is 10.1 Å². The number of aliphatic carboxylic acids is 1. The van der Waals surface area contributed by atoms with Crippen LogP contribution in [0, 0.1) is 11.6 Å². The summed E-state index contributed by atoms with van der Waals surface area (Å²) in [5, 5.41) is 10.7. The van der Waals surface area contributed by atoms with Crippen molar-refractivity contribution in [1.29, 1.82) is 0 Å². The average Bonchev–Trinajstić information content (AvgIpc) is 2.36. The molecule has 5 nitrogen and oxygen atoms in total. The minimum absolute atomic E-state index is 0.0459. The number of benzene rings is 1. The van der Waals surface area contributed by atoms with Crippen LogP contribution in [0.1, 0.15) is 23.2 Å². The van der Waals surface area contributed by atoms with Gasteiger partial charge in [-0.25, -0.2) is 8.78 Å². The zero-order valence-corrected chi connectivity index (χ0v) is 10.2. The molecule has 0 aliphatic rings. The molecule has 1 aromatic carbocycles. The SMILES string of the molecule is COc1c(F)ccc(F)c1C(=O)NCCCC(=O)O. The third-order valence-corrected chi connectivity index (χ3v) is 2.34. The second kappa shape index (κ2) is 6.67. The Bertz CT molecular complexity index is 491. The van der Waals surface area contributed by atoms with Crippen LogP contribution in [-0.2, 0) is 4.79 Å². The van der Waals surface area contributed by atoms with Gasteiger partial charge in [0, 0.05) is 13.0 Å². The largest absolute Gasteiger partial charge is 0.493 e. The van der Waals surface area contributed by atoms with Gasteiger partial charge in [0.1, 0.15) is 11.4 Å². The van der Waals surface area contributed by atoms with E-state index < -0.39 is 34.8 Å². The fraction of sp³-hybridized carbons (Fsp3) is 0.333.